The van der Waals surface area contributed by atoms with Gasteiger partial charge in [0.1, 0.15) is 0 Å². The summed E-state index contributed by atoms with van der Waals surface area (Å²) >= 11 is 0. The Hall–Kier alpha value is -1.61. The van der Waals surface area contributed by atoms with Crippen LogP contribution in [0.15, 0.2) is 43.0 Å². The van der Waals surface area contributed by atoms with Gasteiger partial charge in [0.15, 0.2) is 0 Å². The number of imidazole rings is 1. The minimum Gasteiger partial charge on any atom is -0.337 e. The van der Waals surface area contributed by atoms with Gasteiger partial charge in [-0.05, 0) is 30.5 Å². The van der Waals surface area contributed by atoms with Crippen LogP contribution in [-0.4, -0.2) is 16.1 Å². The smallest absolute Gasteiger partial charge is 0.0946 e. The van der Waals surface area contributed by atoms with E-state index >= 15 is 0 Å². The maximum atomic E-state index is 4.06. The first-order valence-corrected chi connectivity index (χ1v) is 6.46. The van der Waals surface area contributed by atoms with E-state index in [0.717, 1.165) is 19.6 Å². The van der Waals surface area contributed by atoms with Crippen molar-refractivity contribution in [2.45, 2.75) is 26.9 Å². The molecular formula is C15H21N3. The second-order valence-corrected chi connectivity index (χ2v) is 4.92. The van der Waals surface area contributed by atoms with Gasteiger partial charge in [-0.25, -0.2) is 4.98 Å². The molecule has 0 saturated heterocycles. The topological polar surface area (TPSA) is 29.9 Å². The first-order valence-electron chi connectivity index (χ1n) is 6.46. The average molecular weight is 243 g/mol. The molecule has 1 heterocycles. The van der Waals surface area contributed by atoms with Gasteiger partial charge in [-0.15, -0.1) is 0 Å². The molecule has 0 radical (unpaired) electrons. The van der Waals surface area contributed by atoms with Crippen LogP contribution in [0.25, 0.3) is 0 Å². The zero-order valence-corrected chi connectivity index (χ0v) is 11.1. The molecule has 2 rings (SSSR count). The Kier molecular flexibility index (Phi) is 4.53. The van der Waals surface area contributed by atoms with Crippen molar-refractivity contribution in [1.29, 1.82) is 0 Å². The molecule has 3 nitrogen and oxygen atoms in total. The Labute approximate surface area is 109 Å². The van der Waals surface area contributed by atoms with E-state index < -0.39 is 0 Å². The van der Waals surface area contributed by atoms with Crippen molar-refractivity contribution in [3.8, 4) is 0 Å². The third-order valence-electron chi connectivity index (χ3n) is 3.15. The van der Waals surface area contributed by atoms with E-state index in [1.165, 1.54) is 11.1 Å². The lowest BCUT2D eigenvalue weighted by Crippen LogP contribution is -2.23. The predicted octanol–water partition coefficient (Wildman–Crippen LogP) is 2.62. The molecule has 96 valence electrons. The van der Waals surface area contributed by atoms with E-state index in [2.05, 4.69) is 53.0 Å². The maximum Gasteiger partial charge on any atom is 0.0946 e. The minimum absolute atomic E-state index is 0.600. The SMILES string of the molecule is Cc1ccccc1CNCC(C)Cn1ccnc1. The predicted molar refractivity (Wildman–Crippen MR) is 74.3 cm³/mol. The van der Waals surface area contributed by atoms with Crippen molar-refractivity contribution in [2.24, 2.45) is 5.92 Å². The third-order valence-corrected chi connectivity index (χ3v) is 3.15. The molecule has 1 aromatic heterocycles. The van der Waals surface area contributed by atoms with Crippen molar-refractivity contribution in [1.82, 2.24) is 14.9 Å². The molecule has 0 aliphatic rings. The first-order chi connectivity index (χ1) is 8.75. The lowest BCUT2D eigenvalue weighted by molar-refractivity contribution is 0.445. The van der Waals surface area contributed by atoms with E-state index in [4.69, 9.17) is 0 Å². The van der Waals surface area contributed by atoms with Gasteiger partial charge in [0, 0.05) is 25.5 Å². The summed E-state index contributed by atoms with van der Waals surface area (Å²) < 4.78 is 2.13. The molecule has 1 unspecified atom stereocenters. The zero-order valence-electron chi connectivity index (χ0n) is 11.1. The number of aryl methyl sites for hydroxylation is 1. The summed E-state index contributed by atoms with van der Waals surface area (Å²) in [6.07, 6.45) is 5.71. The number of hydrogen-bond acceptors (Lipinski definition) is 2. The highest BCUT2D eigenvalue weighted by molar-refractivity contribution is 5.25. The van der Waals surface area contributed by atoms with Crippen molar-refractivity contribution < 1.29 is 0 Å². The number of hydrogen-bond donors (Lipinski definition) is 1. The van der Waals surface area contributed by atoms with E-state index in [1.807, 2.05) is 18.7 Å². The van der Waals surface area contributed by atoms with Gasteiger partial charge in [-0.2, -0.15) is 0 Å². The minimum atomic E-state index is 0.600. The van der Waals surface area contributed by atoms with E-state index in [1.54, 1.807) is 0 Å². The van der Waals surface area contributed by atoms with Crippen molar-refractivity contribution >= 4 is 0 Å². The van der Waals surface area contributed by atoms with Crippen molar-refractivity contribution in [3.05, 3.63) is 54.1 Å². The first kappa shape index (κ1) is 12.8. The fraction of sp³-hybridized carbons (Fsp3) is 0.400. The number of aromatic nitrogens is 2. The van der Waals surface area contributed by atoms with Crippen LogP contribution < -0.4 is 5.32 Å². The highest BCUT2D eigenvalue weighted by atomic mass is 15.0. The molecular weight excluding hydrogens is 222 g/mol. The molecule has 0 spiro atoms. The summed E-state index contributed by atoms with van der Waals surface area (Å²) in [5.74, 6) is 0.600. The summed E-state index contributed by atoms with van der Waals surface area (Å²) in [6, 6.07) is 8.52. The lowest BCUT2D eigenvalue weighted by atomic mass is 10.1. The largest absolute Gasteiger partial charge is 0.337 e. The molecule has 18 heavy (non-hydrogen) atoms. The van der Waals surface area contributed by atoms with Crippen LogP contribution in [0.2, 0.25) is 0 Å². The van der Waals surface area contributed by atoms with Crippen LogP contribution in [0, 0.1) is 12.8 Å². The second kappa shape index (κ2) is 6.36. The standard InChI is InChI=1S/C15H21N3/c1-13(11-18-8-7-16-12-18)9-17-10-15-6-4-3-5-14(15)2/h3-8,12-13,17H,9-11H2,1-2H3. The van der Waals surface area contributed by atoms with Crippen molar-refractivity contribution in [3.63, 3.8) is 0 Å². The van der Waals surface area contributed by atoms with Gasteiger partial charge >= 0.3 is 0 Å². The summed E-state index contributed by atoms with van der Waals surface area (Å²) in [4.78, 5) is 4.06. The average Bonchev–Trinajstić information content (AvgIpc) is 2.84. The van der Waals surface area contributed by atoms with Crippen LogP contribution in [-0.2, 0) is 13.1 Å². The van der Waals surface area contributed by atoms with Gasteiger partial charge in [0.25, 0.3) is 0 Å². The highest BCUT2D eigenvalue weighted by Gasteiger charge is 2.03. The van der Waals surface area contributed by atoms with E-state index in [0.29, 0.717) is 5.92 Å². The Bertz CT molecular complexity index is 462. The van der Waals surface area contributed by atoms with Crippen LogP contribution in [0.4, 0.5) is 0 Å². The molecule has 1 atom stereocenters. The fourth-order valence-electron chi connectivity index (χ4n) is 2.08. The Morgan fingerprint density at radius 1 is 1.33 bits per heavy atom. The monoisotopic (exact) mass is 243 g/mol. The number of benzene rings is 1. The van der Waals surface area contributed by atoms with Gasteiger partial charge in [-0.1, -0.05) is 31.2 Å². The van der Waals surface area contributed by atoms with E-state index in [9.17, 15) is 0 Å². The molecule has 0 bridgehead atoms. The molecule has 0 amide bonds. The summed E-state index contributed by atoms with van der Waals surface area (Å²) in [6.45, 7) is 7.39. The molecule has 2 aromatic rings. The molecule has 3 heteroatoms. The summed E-state index contributed by atoms with van der Waals surface area (Å²) in [5.41, 5.74) is 2.74. The fourth-order valence-corrected chi connectivity index (χ4v) is 2.08. The van der Waals surface area contributed by atoms with Gasteiger partial charge < -0.3 is 9.88 Å². The normalized spacial score (nSPS) is 12.6. The second-order valence-electron chi connectivity index (χ2n) is 4.92. The molecule has 0 fully saturated rings. The zero-order chi connectivity index (χ0) is 12.8. The van der Waals surface area contributed by atoms with E-state index in [-0.39, 0.29) is 0 Å². The van der Waals surface area contributed by atoms with Crippen LogP contribution in [0.3, 0.4) is 0 Å². The Morgan fingerprint density at radius 2 is 2.17 bits per heavy atom. The molecule has 0 aliphatic carbocycles. The van der Waals surface area contributed by atoms with Crippen molar-refractivity contribution in [2.75, 3.05) is 6.54 Å². The maximum absolute atomic E-state index is 4.06. The third kappa shape index (κ3) is 3.70. The van der Waals surface area contributed by atoms with Crippen LogP contribution >= 0.6 is 0 Å². The number of nitrogens with zero attached hydrogens (tertiary/aromatic N) is 2. The summed E-state index contributed by atoms with van der Waals surface area (Å²) in [5, 5.41) is 3.52. The van der Waals surface area contributed by atoms with Crippen LogP contribution in [0.5, 0.6) is 0 Å². The number of rotatable bonds is 6. The molecule has 1 aromatic carbocycles. The summed E-state index contributed by atoms with van der Waals surface area (Å²) in [7, 11) is 0. The Morgan fingerprint density at radius 3 is 2.89 bits per heavy atom. The highest BCUT2D eigenvalue weighted by Crippen LogP contribution is 2.06. The Balaban J connectivity index is 1.74. The quantitative estimate of drug-likeness (QED) is 0.845. The van der Waals surface area contributed by atoms with Gasteiger partial charge in [0.2, 0.25) is 0 Å². The number of nitrogens with one attached hydrogen (secondary N) is 1. The van der Waals surface area contributed by atoms with Gasteiger partial charge in [0.05, 0.1) is 6.33 Å². The molecule has 0 saturated carbocycles. The molecule has 1 N–H and O–H groups in total. The van der Waals surface area contributed by atoms with Gasteiger partial charge in [-0.3, -0.25) is 0 Å². The lowest BCUT2D eigenvalue weighted by Gasteiger charge is -2.14. The molecule has 0 aliphatic heterocycles. The van der Waals surface area contributed by atoms with Crippen LogP contribution in [0.1, 0.15) is 18.1 Å².